The Hall–Kier alpha value is -1.39. The van der Waals surface area contributed by atoms with E-state index in [9.17, 15) is 14.4 Å². The smallest absolute Gasteiger partial charge is 0.311 e. The Morgan fingerprint density at radius 2 is 1.88 bits per heavy atom. The lowest BCUT2D eigenvalue weighted by molar-refractivity contribution is -0.153. The summed E-state index contributed by atoms with van der Waals surface area (Å²) < 4.78 is 0. The third-order valence-corrected chi connectivity index (χ3v) is 3.42. The lowest BCUT2D eigenvalue weighted by Crippen LogP contribution is -2.46. The molecule has 5 nitrogen and oxygen atoms in total. The van der Waals surface area contributed by atoms with Crippen molar-refractivity contribution in [1.29, 1.82) is 0 Å². The first-order chi connectivity index (χ1) is 7.44. The van der Waals surface area contributed by atoms with E-state index < -0.39 is 11.4 Å². The van der Waals surface area contributed by atoms with Crippen LogP contribution < -0.4 is 0 Å². The number of carboxylic acids is 1. The second kappa shape index (κ2) is 3.57. The van der Waals surface area contributed by atoms with Gasteiger partial charge in [0.1, 0.15) is 0 Å². The molecule has 0 aromatic heterocycles. The van der Waals surface area contributed by atoms with E-state index in [0.717, 1.165) is 4.90 Å². The van der Waals surface area contributed by atoms with Crippen LogP contribution in [-0.4, -0.2) is 34.3 Å². The van der Waals surface area contributed by atoms with Crippen LogP contribution in [0.3, 0.4) is 0 Å². The normalized spacial score (nSPS) is 24.7. The van der Waals surface area contributed by atoms with Gasteiger partial charge in [0.15, 0.2) is 0 Å². The summed E-state index contributed by atoms with van der Waals surface area (Å²) >= 11 is 0. The fourth-order valence-electron chi connectivity index (χ4n) is 2.10. The monoisotopic (exact) mass is 225 g/mol. The van der Waals surface area contributed by atoms with Gasteiger partial charge in [0.25, 0.3) is 0 Å². The molecule has 2 rings (SSSR count). The average Bonchev–Trinajstić information content (AvgIpc) is 2.92. The molecule has 0 unspecified atom stereocenters. The SMILES string of the molecule is CC1CC(=O)N(CC2(C(=O)O)CC2)C(=O)C1. The zero-order valence-corrected chi connectivity index (χ0v) is 9.23. The molecule has 1 N–H and O–H groups in total. The number of rotatable bonds is 3. The van der Waals surface area contributed by atoms with Crippen LogP contribution in [-0.2, 0) is 14.4 Å². The Balaban J connectivity index is 2.07. The van der Waals surface area contributed by atoms with Crippen molar-refractivity contribution in [3.8, 4) is 0 Å². The number of carboxylic acid groups (broad SMARTS) is 1. The van der Waals surface area contributed by atoms with Crippen molar-refractivity contribution >= 4 is 17.8 Å². The quantitative estimate of drug-likeness (QED) is 0.715. The molecule has 1 aliphatic carbocycles. The van der Waals surface area contributed by atoms with Crippen molar-refractivity contribution in [3.63, 3.8) is 0 Å². The number of aliphatic carboxylic acids is 1. The number of likely N-dealkylation sites (tertiary alicyclic amines) is 1. The molecule has 0 radical (unpaired) electrons. The van der Waals surface area contributed by atoms with Crippen molar-refractivity contribution in [2.45, 2.75) is 32.6 Å². The predicted octanol–water partition coefficient (Wildman–Crippen LogP) is 0.636. The lowest BCUT2D eigenvalue weighted by Gasteiger charge is -2.30. The minimum Gasteiger partial charge on any atom is -0.481 e. The summed E-state index contributed by atoms with van der Waals surface area (Å²) in [4.78, 5) is 35.4. The van der Waals surface area contributed by atoms with E-state index in [1.54, 1.807) is 0 Å². The summed E-state index contributed by atoms with van der Waals surface area (Å²) in [7, 11) is 0. The van der Waals surface area contributed by atoms with Gasteiger partial charge in [-0.15, -0.1) is 0 Å². The lowest BCUT2D eigenvalue weighted by atomic mass is 9.96. The minimum absolute atomic E-state index is 0.0622. The molecular formula is C11H15NO4. The maximum absolute atomic E-state index is 11.7. The standard InChI is InChI=1S/C11H15NO4/c1-7-4-8(13)12(9(14)5-7)6-11(2-3-11)10(15)16/h7H,2-6H2,1H3,(H,15,16). The van der Waals surface area contributed by atoms with E-state index in [0.29, 0.717) is 25.7 Å². The number of hydrogen-bond acceptors (Lipinski definition) is 3. The first-order valence-electron chi connectivity index (χ1n) is 5.51. The van der Waals surface area contributed by atoms with Crippen LogP contribution in [0.25, 0.3) is 0 Å². The van der Waals surface area contributed by atoms with Gasteiger partial charge in [0, 0.05) is 19.4 Å². The highest BCUT2D eigenvalue weighted by Crippen LogP contribution is 2.47. The third kappa shape index (κ3) is 1.81. The van der Waals surface area contributed by atoms with Crippen molar-refractivity contribution in [1.82, 2.24) is 4.90 Å². The number of hydrogen-bond donors (Lipinski definition) is 1. The third-order valence-electron chi connectivity index (χ3n) is 3.42. The van der Waals surface area contributed by atoms with Gasteiger partial charge in [-0.3, -0.25) is 19.3 Å². The van der Waals surface area contributed by atoms with E-state index in [4.69, 9.17) is 5.11 Å². The van der Waals surface area contributed by atoms with Crippen LogP contribution in [0.4, 0.5) is 0 Å². The number of carbonyl (C=O) groups is 3. The summed E-state index contributed by atoms with van der Waals surface area (Å²) in [6.45, 7) is 1.92. The van der Waals surface area contributed by atoms with Gasteiger partial charge in [-0.2, -0.15) is 0 Å². The molecule has 1 aliphatic heterocycles. The summed E-state index contributed by atoms with van der Waals surface area (Å²) in [5.74, 6) is -1.27. The highest BCUT2D eigenvalue weighted by molar-refractivity contribution is 5.98. The van der Waals surface area contributed by atoms with Crippen LogP contribution in [0, 0.1) is 11.3 Å². The van der Waals surface area contributed by atoms with Crippen molar-refractivity contribution in [3.05, 3.63) is 0 Å². The van der Waals surface area contributed by atoms with Crippen LogP contribution in [0.1, 0.15) is 32.6 Å². The molecule has 2 amide bonds. The van der Waals surface area contributed by atoms with E-state index in [1.165, 1.54) is 0 Å². The molecule has 1 saturated heterocycles. The van der Waals surface area contributed by atoms with Crippen molar-refractivity contribution in [2.75, 3.05) is 6.54 Å². The van der Waals surface area contributed by atoms with E-state index in [-0.39, 0.29) is 24.3 Å². The zero-order chi connectivity index (χ0) is 11.9. The maximum atomic E-state index is 11.7. The topological polar surface area (TPSA) is 74.7 Å². The molecule has 5 heteroatoms. The van der Waals surface area contributed by atoms with Gasteiger partial charge >= 0.3 is 5.97 Å². The number of nitrogens with zero attached hydrogens (tertiary/aromatic N) is 1. The van der Waals surface area contributed by atoms with Crippen LogP contribution >= 0.6 is 0 Å². The predicted molar refractivity (Wildman–Crippen MR) is 54.4 cm³/mol. The molecule has 1 heterocycles. The number of piperidine rings is 1. The number of imide groups is 1. The first-order valence-corrected chi connectivity index (χ1v) is 5.51. The average molecular weight is 225 g/mol. The zero-order valence-electron chi connectivity index (χ0n) is 9.23. The molecule has 1 saturated carbocycles. The molecular weight excluding hydrogens is 210 g/mol. The van der Waals surface area contributed by atoms with Crippen molar-refractivity contribution in [2.24, 2.45) is 11.3 Å². The fourth-order valence-corrected chi connectivity index (χ4v) is 2.10. The van der Waals surface area contributed by atoms with Gasteiger partial charge < -0.3 is 5.11 Å². The molecule has 0 spiro atoms. The van der Waals surface area contributed by atoms with Gasteiger partial charge in [-0.25, -0.2) is 0 Å². The van der Waals surface area contributed by atoms with Gasteiger partial charge in [-0.05, 0) is 18.8 Å². The Bertz CT molecular complexity index is 341. The molecule has 0 aromatic rings. The number of amides is 2. The maximum Gasteiger partial charge on any atom is 0.311 e. The molecule has 2 aliphatic rings. The van der Waals surface area contributed by atoms with Crippen LogP contribution in [0.15, 0.2) is 0 Å². The van der Waals surface area contributed by atoms with Gasteiger partial charge in [0.2, 0.25) is 11.8 Å². The summed E-state index contributed by atoms with van der Waals surface area (Å²) in [6, 6.07) is 0. The summed E-state index contributed by atoms with van der Waals surface area (Å²) in [5, 5.41) is 9.01. The Morgan fingerprint density at radius 3 is 2.25 bits per heavy atom. The largest absolute Gasteiger partial charge is 0.481 e. The van der Waals surface area contributed by atoms with E-state index >= 15 is 0 Å². The summed E-state index contributed by atoms with van der Waals surface area (Å²) in [6.07, 6.45) is 1.83. The minimum atomic E-state index is -0.897. The van der Waals surface area contributed by atoms with E-state index in [2.05, 4.69) is 0 Å². The fraction of sp³-hybridized carbons (Fsp3) is 0.727. The highest BCUT2D eigenvalue weighted by Gasteiger charge is 2.53. The second-order valence-electron chi connectivity index (χ2n) is 4.97. The highest BCUT2D eigenvalue weighted by atomic mass is 16.4. The summed E-state index contributed by atoms with van der Waals surface area (Å²) in [5.41, 5.74) is -0.841. The Kier molecular flexibility index (Phi) is 2.48. The Labute approximate surface area is 93.4 Å². The second-order valence-corrected chi connectivity index (χ2v) is 4.97. The van der Waals surface area contributed by atoms with Crippen LogP contribution in [0.5, 0.6) is 0 Å². The molecule has 0 bridgehead atoms. The van der Waals surface area contributed by atoms with Gasteiger partial charge in [0.05, 0.1) is 5.41 Å². The van der Waals surface area contributed by atoms with Gasteiger partial charge in [-0.1, -0.05) is 6.92 Å². The molecule has 2 fully saturated rings. The number of carbonyl (C=O) groups excluding carboxylic acids is 2. The molecule has 0 aromatic carbocycles. The van der Waals surface area contributed by atoms with Crippen molar-refractivity contribution < 1.29 is 19.5 Å². The molecule has 0 atom stereocenters. The molecule has 88 valence electrons. The first kappa shape index (κ1) is 11.1. The van der Waals surface area contributed by atoms with E-state index in [1.807, 2.05) is 6.92 Å². The Morgan fingerprint density at radius 1 is 1.38 bits per heavy atom. The van der Waals surface area contributed by atoms with Crippen LogP contribution in [0.2, 0.25) is 0 Å². The molecule has 16 heavy (non-hydrogen) atoms.